The summed E-state index contributed by atoms with van der Waals surface area (Å²) < 4.78 is 11.4. The van der Waals surface area contributed by atoms with Crippen LogP contribution in [0.5, 0.6) is 0 Å². The largest absolute Gasteiger partial charge is 0.394 e. The Bertz CT molecular complexity index is 1310. The molecule has 0 aromatic rings. The molecule has 474 valence electrons. The second-order valence-electron chi connectivity index (χ2n) is 25.0. The van der Waals surface area contributed by atoms with Gasteiger partial charge in [0.2, 0.25) is 5.91 Å². The van der Waals surface area contributed by atoms with E-state index in [1.807, 2.05) is 0 Å². The fourth-order valence-corrected chi connectivity index (χ4v) is 11.7. The third-order valence-electron chi connectivity index (χ3n) is 17.3. The highest BCUT2D eigenvalue weighted by atomic mass is 16.7. The summed E-state index contributed by atoms with van der Waals surface area (Å²) in [6, 6.07) is -0.718. The summed E-state index contributed by atoms with van der Waals surface area (Å²) in [6.45, 7) is 3.89. The Kier molecular flexibility index (Phi) is 58.3. The van der Waals surface area contributed by atoms with Crippen LogP contribution < -0.4 is 5.32 Å². The second-order valence-corrected chi connectivity index (χ2v) is 25.0. The Balaban J connectivity index is 2.08. The van der Waals surface area contributed by atoms with Crippen LogP contribution in [0.25, 0.3) is 0 Å². The number of rotatable bonds is 63. The van der Waals surface area contributed by atoms with Crippen LogP contribution in [-0.2, 0) is 14.3 Å². The standard InChI is InChI=1S/C71H137NO8/c1-3-5-7-9-11-13-15-17-19-21-23-25-27-29-30-31-32-33-34-35-36-37-39-41-43-45-47-49-51-53-55-57-59-61-67(75)72-64(63-79-71-70(78)69(77)68(76)66(62-73)80-71)65(74)60-58-56-54-52-50-48-46-44-42-40-38-28-26-24-22-20-18-16-14-12-10-8-6-4-2/h15,17,21,23,64-66,68-71,73-74,76-78H,3-14,16,18-20,22,24-63H2,1-2H3,(H,72,75)/b17-15-,23-21-. The number of carbonyl (C=O) groups is 1. The van der Waals surface area contributed by atoms with Crippen molar-refractivity contribution in [1.82, 2.24) is 5.32 Å². The molecule has 1 heterocycles. The molecular formula is C71H137NO8. The Morgan fingerprint density at radius 3 is 1.07 bits per heavy atom. The third kappa shape index (κ3) is 49.0. The molecule has 0 spiro atoms. The van der Waals surface area contributed by atoms with Gasteiger partial charge in [-0.15, -0.1) is 0 Å². The molecule has 7 atom stereocenters. The molecular weight excluding hydrogens is 995 g/mol. The molecule has 6 N–H and O–H groups in total. The van der Waals surface area contributed by atoms with Gasteiger partial charge in [-0.2, -0.15) is 0 Å². The molecule has 9 heteroatoms. The number of hydrogen-bond donors (Lipinski definition) is 6. The average molecular weight is 1130 g/mol. The fraction of sp³-hybridized carbons (Fsp3) is 0.930. The summed E-state index contributed by atoms with van der Waals surface area (Å²) in [5.74, 6) is -0.135. The highest BCUT2D eigenvalue weighted by molar-refractivity contribution is 5.76. The third-order valence-corrected chi connectivity index (χ3v) is 17.3. The van der Waals surface area contributed by atoms with Crippen molar-refractivity contribution in [3.63, 3.8) is 0 Å². The minimum Gasteiger partial charge on any atom is -0.394 e. The quantitative estimate of drug-likeness (QED) is 0.0261. The number of carbonyl (C=O) groups excluding carboxylic acids is 1. The van der Waals surface area contributed by atoms with Gasteiger partial charge in [-0.05, 0) is 44.9 Å². The molecule has 1 aliphatic rings. The predicted octanol–water partition coefficient (Wildman–Crippen LogP) is 19.3. The van der Waals surface area contributed by atoms with Gasteiger partial charge >= 0.3 is 0 Å². The van der Waals surface area contributed by atoms with Gasteiger partial charge in [0.1, 0.15) is 24.4 Å². The Morgan fingerprint density at radius 1 is 0.425 bits per heavy atom. The first-order valence-electron chi connectivity index (χ1n) is 35.5. The summed E-state index contributed by atoms with van der Waals surface area (Å²) in [6.07, 6.45) is 72.5. The average Bonchev–Trinajstić information content (AvgIpc) is 3.46. The molecule has 0 aliphatic carbocycles. The van der Waals surface area contributed by atoms with E-state index in [4.69, 9.17) is 9.47 Å². The molecule has 1 saturated heterocycles. The van der Waals surface area contributed by atoms with Crippen molar-refractivity contribution in [1.29, 1.82) is 0 Å². The molecule has 1 aliphatic heterocycles. The van der Waals surface area contributed by atoms with Crippen LogP contribution in [0.15, 0.2) is 24.3 Å². The van der Waals surface area contributed by atoms with Crippen molar-refractivity contribution in [3.05, 3.63) is 24.3 Å². The SMILES string of the molecule is CCCCCCC/C=C\C/C=C\CCCCCCCCCCCCCCCCCCCCCCCC(=O)NC(COC1OC(CO)C(O)C(O)C1O)C(O)CCCCCCCCCCCCCCCCCCCCCCCCCC. The first-order chi connectivity index (χ1) is 39.3. The topological polar surface area (TPSA) is 149 Å². The summed E-state index contributed by atoms with van der Waals surface area (Å²) in [5, 5.41) is 54.9. The van der Waals surface area contributed by atoms with Crippen molar-refractivity contribution in [2.45, 2.75) is 410 Å². The van der Waals surface area contributed by atoms with E-state index in [1.165, 1.54) is 295 Å². The van der Waals surface area contributed by atoms with Crippen molar-refractivity contribution in [2.75, 3.05) is 13.2 Å². The maximum atomic E-state index is 13.2. The van der Waals surface area contributed by atoms with Crippen LogP contribution in [-0.4, -0.2) is 87.5 Å². The fourth-order valence-electron chi connectivity index (χ4n) is 11.7. The second kappa shape index (κ2) is 60.8. The molecule has 9 nitrogen and oxygen atoms in total. The monoisotopic (exact) mass is 1130 g/mol. The zero-order chi connectivity index (χ0) is 57.9. The number of unbranched alkanes of at least 4 members (excludes halogenated alkanes) is 49. The van der Waals surface area contributed by atoms with Gasteiger partial charge in [0.25, 0.3) is 0 Å². The highest BCUT2D eigenvalue weighted by Crippen LogP contribution is 2.24. The van der Waals surface area contributed by atoms with E-state index in [-0.39, 0.29) is 12.5 Å². The Morgan fingerprint density at radius 2 is 0.738 bits per heavy atom. The molecule has 7 unspecified atom stereocenters. The summed E-state index contributed by atoms with van der Waals surface area (Å²) >= 11 is 0. The number of amides is 1. The van der Waals surface area contributed by atoms with Crippen molar-refractivity contribution < 1.29 is 39.8 Å². The molecule has 0 bridgehead atoms. The first kappa shape index (κ1) is 76.7. The van der Waals surface area contributed by atoms with Gasteiger partial charge in [0.05, 0.1) is 25.4 Å². The van der Waals surface area contributed by atoms with Gasteiger partial charge < -0.3 is 40.3 Å². The number of ether oxygens (including phenoxy) is 2. The number of allylic oxidation sites excluding steroid dienone is 4. The normalized spacial score (nSPS) is 18.5. The predicted molar refractivity (Wildman–Crippen MR) is 341 cm³/mol. The lowest BCUT2D eigenvalue weighted by Crippen LogP contribution is -2.60. The molecule has 1 rings (SSSR count). The van der Waals surface area contributed by atoms with Crippen LogP contribution in [0.2, 0.25) is 0 Å². The van der Waals surface area contributed by atoms with Crippen LogP contribution in [0.1, 0.15) is 367 Å². The van der Waals surface area contributed by atoms with Crippen LogP contribution in [0.4, 0.5) is 0 Å². The number of nitrogens with one attached hydrogen (secondary N) is 1. The van der Waals surface area contributed by atoms with Gasteiger partial charge in [0.15, 0.2) is 6.29 Å². The minimum atomic E-state index is -1.55. The molecule has 0 aromatic heterocycles. The smallest absolute Gasteiger partial charge is 0.220 e. The van der Waals surface area contributed by atoms with Crippen LogP contribution in [0, 0.1) is 0 Å². The summed E-state index contributed by atoms with van der Waals surface area (Å²) in [4.78, 5) is 13.2. The first-order valence-corrected chi connectivity index (χ1v) is 35.5. The lowest BCUT2D eigenvalue weighted by atomic mass is 9.99. The lowest BCUT2D eigenvalue weighted by Gasteiger charge is -2.40. The molecule has 0 saturated carbocycles. The van der Waals surface area contributed by atoms with E-state index < -0.39 is 49.5 Å². The van der Waals surface area contributed by atoms with E-state index >= 15 is 0 Å². The van der Waals surface area contributed by atoms with Crippen molar-refractivity contribution in [2.24, 2.45) is 0 Å². The highest BCUT2D eigenvalue weighted by Gasteiger charge is 2.44. The molecule has 80 heavy (non-hydrogen) atoms. The van der Waals surface area contributed by atoms with E-state index in [1.54, 1.807) is 0 Å². The van der Waals surface area contributed by atoms with Crippen molar-refractivity contribution in [3.8, 4) is 0 Å². The number of hydrogen-bond acceptors (Lipinski definition) is 8. The Labute approximate surface area is 496 Å². The molecule has 1 fully saturated rings. The van der Waals surface area contributed by atoms with Crippen LogP contribution >= 0.6 is 0 Å². The van der Waals surface area contributed by atoms with E-state index in [0.717, 1.165) is 44.9 Å². The van der Waals surface area contributed by atoms with Gasteiger partial charge in [-0.25, -0.2) is 0 Å². The number of aliphatic hydroxyl groups excluding tert-OH is 5. The zero-order valence-electron chi connectivity index (χ0n) is 53.1. The lowest BCUT2D eigenvalue weighted by molar-refractivity contribution is -0.302. The maximum Gasteiger partial charge on any atom is 0.220 e. The molecule has 0 aromatic carbocycles. The maximum absolute atomic E-state index is 13.2. The van der Waals surface area contributed by atoms with Gasteiger partial charge in [-0.3, -0.25) is 4.79 Å². The zero-order valence-corrected chi connectivity index (χ0v) is 53.1. The van der Waals surface area contributed by atoms with E-state index in [9.17, 15) is 30.3 Å². The van der Waals surface area contributed by atoms with E-state index in [2.05, 4.69) is 43.5 Å². The van der Waals surface area contributed by atoms with Crippen molar-refractivity contribution >= 4 is 5.91 Å². The molecule has 1 amide bonds. The number of aliphatic hydroxyl groups is 5. The minimum absolute atomic E-state index is 0.133. The van der Waals surface area contributed by atoms with Crippen LogP contribution in [0.3, 0.4) is 0 Å². The van der Waals surface area contributed by atoms with Gasteiger partial charge in [-0.1, -0.05) is 340 Å². The summed E-state index contributed by atoms with van der Waals surface area (Å²) in [5.41, 5.74) is 0. The molecule has 0 radical (unpaired) electrons. The summed E-state index contributed by atoms with van der Waals surface area (Å²) in [7, 11) is 0. The Hall–Kier alpha value is -1.33. The van der Waals surface area contributed by atoms with Gasteiger partial charge in [0, 0.05) is 6.42 Å². The van der Waals surface area contributed by atoms with E-state index in [0.29, 0.717) is 12.8 Å².